The minimum Gasteiger partial charge on any atom is -0.493 e. The number of Topliss-reactive ketones (excluding diaryl/α,β-unsaturated/α-hetero) is 2. The number of nitro benzene ring substituents is 1. The third-order valence-corrected chi connectivity index (χ3v) is 5.84. The lowest BCUT2D eigenvalue weighted by Gasteiger charge is -2.09. The molecule has 0 unspecified atom stereocenters. The van der Waals surface area contributed by atoms with Gasteiger partial charge in [-0.05, 0) is 102 Å². The summed E-state index contributed by atoms with van der Waals surface area (Å²) in [6, 6.07) is 8.14. The summed E-state index contributed by atoms with van der Waals surface area (Å²) in [4.78, 5) is 53.2. The minimum absolute atomic E-state index is 0.0475. The number of carbonyl (C=O) groups excluding carboxylic acids is 4. The van der Waals surface area contributed by atoms with Crippen LogP contribution in [0.4, 0.5) is 5.69 Å². The second-order valence-corrected chi connectivity index (χ2v) is 9.42. The zero-order chi connectivity index (χ0) is 29.2. The number of benzene rings is 2. The molecule has 0 saturated heterocycles. The van der Waals surface area contributed by atoms with E-state index in [0.717, 1.165) is 56.1 Å². The predicted molar refractivity (Wildman–Crippen MR) is 149 cm³/mol. The number of nitro groups is 1. The predicted octanol–water partition coefficient (Wildman–Crippen LogP) is 6.58. The summed E-state index contributed by atoms with van der Waals surface area (Å²) in [5.74, 6) is 1.66. The first-order valence-corrected chi connectivity index (χ1v) is 13.1. The number of aryl methyl sites for hydroxylation is 2. The Morgan fingerprint density at radius 3 is 1.77 bits per heavy atom. The van der Waals surface area contributed by atoms with E-state index in [4.69, 9.17) is 9.47 Å². The van der Waals surface area contributed by atoms with Gasteiger partial charge in [0, 0.05) is 18.4 Å². The van der Waals surface area contributed by atoms with Crippen LogP contribution in [-0.2, 0) is 9.59 Å². The third kappa shape index (κ3) is 13.5. The molecule has 0 spiro atoms. The number of ketones is 2. The average molecular weight is 542 g/mol. The van der Waals surface area contributed by atoms with Gasteiger partial charge in [-0.1, -0.05) is 0 Å². The number of hydrogen-bond donors (Lipinski definition) is 0. The number of hydrogen-bond acceptors (Lipinski definition) is 8. The molecule has 39 heavy (non-hydrogen) atoms. The highest BCUT2D eigenvalue weighted by molar-refractivity contribution is 5.82. The fourth-order valence-corrected chi connectivity index (χ4v) is 3.69. The van der Waals surface area contributed by atoms with E-state index in [0.29, 0.717) is 49.2 Å². The number of rotatable bonds is 17. The maximum absolute atomic E-state index is 10.9. The molecule has 0 saturated carbocycles. The number of aldehydes is 2. The van der Waals surface area contributed by atoms with Crippen LogP contribution in [0, 0.1) is 24.0 Å². The molecule has 0 bridgehead atoms. The van der Waals surface area contributed by atoms with Crippen molar-refractivity contribution in [1.29, 1.82) is 0 Å². The van der Waals surface area contributed by atoms with Crippen molar-refractivity contribution in [3.63, 3.8) is 0 Å². The lowest BCUT2D eigenvalue weighted by molar-refractivity contribution is -0.385. The van der Waals surface area contributed by atoms with Gasteiger partial charge >= 0.3 is 0 Å². The van der Waals surface area contributed by atoms with E-state index in [1.807, 2.05) is 19.1 Å². The van der Waals surface area contributed by atoms with E-state index in [1.165, 1.54) is 12.1 Å². The summed E-state index contributed by atoms with van der Waals surface area (Å²) < 4.78 is 11.2. The molecule has 0 N–H and O–H groups in total. The zero-order valence-corrected chi connectivity index (χ0v) is 23.3. The van der Waals surface area contributed by atoms with Gasteiger partial charge < -0.3 is 19.1 Å². The standard InChI is InChI=1S/C15H19NO5.C15H20O3/c1-11-8-13(10-17)14(16(19)20)9-15(11)21-7-5-3-4-6-12(2)18;1-12-10-14(11-16)7-8-15(12)18-9-5-3-4-6-13(2)17/h8-10H,3-7H2,1-2H3;7-8,10-11H,3-6,9H2,1-2H3. The quantitative estimate of drug-likeness (QED) is 0.0950. The van der Waals surface area contributed by atoms with Crippen molar-refractivity contribution in [2.45, 2.75) is 79.1 Å². The van der Waals surface area contributed by atoms with Gasteiger partial charge in [0.1, 0.15) is 29.4 Å². The van der Waals surface area contributed by atoms with E-state index in [2.05, 4.69) is 0 Å². The van der Waals surface area contributed by atoms with Crippen LogP contribution in [0.15, 0.2) is 30.3 Å². The second kappa shape index (κ2) is 18.4. The van der Waals surface area contributed by atoms with Crippen molar-refractivity contribution >= 4 is 29.8 Å². The molecular formula is C30H39NO8. The molecule has 212 valence electrons. The molecule has 0 aliphatic carbocycles. The van der Waals surface area contributed by atoms with Crippen LogP contribution in [0.3, 0.4) is 0 Å². The maximum Gasteiger partial charge on any atom is 0.283 e. The number of nitrogens with zero attached hydrogens (tertiary/aromatic N) is 1. The maximum atomic E-state index is 10.9. The largest absolute Gasteiger partial charge is 0.493 e. The smallest absolute Gasteiger partial charge is 0.283 e. The number of carbonyl (C=O) groups is 4. The molecule has 0 heterocycles. The normalized spacial score (nSPS) is 10.2. The Labute approximate surface area is 230 Å². The molecular weight excluding hydrogens is 502 g/mol. The highest BCUT2D eigenvalue weighted by atomic mass is 16.6. The first-order chi connectivity index (χ1) is 18.6. The Hall–Kier alpha value is -3.88. The van der Waals surface area contributed by atoms with Crippen molar-refractivity contribution in [2.24, 2.45) is 0 Å². The van der Waals surface area contributed by atoms with Gasteiger partial charge in [0.05, 0.1) is 29.8 Å². The SMILES string of the molecule is CC(=O)CCCCCOc1cc([N+](=O)[O-])c(C=O)cc1C.CC(=O)CCCCCOc1ccc(C=O)cc1C. The highest BCUT2D eigenvalue weighted by Crippen LogP contribution is 2.28. The molecule has 9 heteroatoms. The lowest BCUT2D eigenvalue weighted by atomic mass is 10.1. The Balaban J connectivity index is 0.000000395. The first kappa shape index (κ1) is 33.1. The van der Waals surface area contributed by atoms with E-state index in [-0.39, 0.29) is 22.8 Å². The topological polar surface area (TPSA) is 130 Å². The fourth-order valence-electron chi connectivity index (χ4n) is 3.69. The summed E-state index contributed by atoms with van der Waals surface area (Å²) >= 11 is 0. The van der Waals surface area contributed by atoms with Gasteiger partial charge in [-0.25, -0.2) is 0 Å². The molecule has 9 nitrogen and oxygen atoms in total. The Kier molecular flexibility index (Phi) is 15.6. The van der Waals surface area contributed by atoms with Gasteiger partial charge in [-0.3, -0.25) is 19.7 Å². The van der Waals surface area contributed by atoms with Gasteiger partial charge in [0.15, 0.2) is 6.29 Å². The average Bonchev–Trinajstić information content (AvgIpc) is 2.89. The van der Waals surface area contributed by atoms with Crippen LogP contribution >= 0.6 is 0 Å². The van der Waals surface area contributed by atoms with E-state index >= 15 is 0 Å². The van der Waals surface area contributed by atoms with E-state index < -0.39 is 4.92 Å². The van der Waals surface area contributed by atoms with Gasteiger partial charge in [-0.2, -0.15) is 0 Å². The van der Waals surface area contributed by atoms with Crippen LogP contribution in [0.25, 0.3) is 0 Å². The number of unbranched alkanes of at least 4 members (excludes halogenated alkanes) is 4. The Morgan fingerprint density at radius 1 is 0.769 bits per heavy atom. The van der Waals surface area contributed by atoms with Crippen molar-refractivity contribution < 1.29 is 33.6 Å². The molecule has 2 aromatic carbocycles. The third-order valence-electron chi connectivity index (χ3n) is 5.84. The molecule has 0 fully saturated rings. The van der Waals surface area contributed by atoms with Crippen LogP contribution in [0.5, 0.6) is 11.5 Å². The summed E-state index contributed by atoms with van der Waals surface area (Å²) in [7, 11) is 0. The van der Waals surface area contributed by atoms with E-state index in [1.54, 1.807) is 26.8 Å². The van der Waals surface area contributed by atoms with Crippen LogP contribution in [0.1, 0.15) is 97.1 Å². The van der Waals surface area contributed by atoms with Crippen molar-refractivity contribution in [3.05, 3.63) is 62.7 Å². The molecule has 2 aromatic rings. The molecule has 0 aromatic heterocycles. The molecule has 2 rings (SSSR count). The molecule has 0 radical (unpaired) electrons. The van der Waals surface area contributed by atoms with Gasteiger partial charge in [0.2, 0.25) is 0 Å². The van der Waals surface area contributed by atoms with Crippen LogP contribution < -0.4 is 9.47 Å². The Morgan fingerprint density at radius 2 is 1.31 bits per heavy atom. The highest BCUT2D eigenvalue weighted by Gasteiger charge is 2.17. The molecule has 0 aliphatic heterocycles. The molecule has 0 amide bonds. The van der Waals surface area contributed by atoms with Crippen molar-refractivity contribution in [2.75, 3.05) is 13.2 Å². The van der Waals surface area contributed by atoms with E-state index in [9.17, 15) is 29.3 Å². The van der Waals surface area contributed by atoms with Crippen LogP contribution in [0.2, 0.25) is 0 Å². The summed E-state index contributed by atoms with van der Waals surface area (Å²) in [5, 5.41) is 10.9. The van der Waals surface area contributed by atoms with Gasteiger partial charge in [0.25, 0.3) is 5.69 Å². The molecule has 0 aliphatic rings. The summed E-state index contributed by atoms with van der Waals surface area (Å²) in [5.41, 5.74) is 2.13. The molecule has 0 atom stereocenters. The fraction of sp³-hybridized carbons (Fsp3) is 0.467. The lowest BCUT2D eigenvalue weighted by Crippen LogP contribution is -2.02. The second-order valence-electron chi connectivity index (χ2n) is 9.42. The minimum atomic E-state index is -0.594. The summed E-state index contributed by atoms with van der Waals surface area (Å²) in [6.45, 7) is 7.93. The summed E-state index contributed by atoms with van der Waals surface area (Å²) in [6.07, 6.45) is 7.88. The van der Waals surface area contributed by atoms with Crippen LogP contribution in [-0.4, -0.2) is 42.3 Å². The van der Waals surface area contributed by atoms with Crippen molar-refractivity contribution in [3.8, 4) is 11.5 Å². The Bertz CT molecular complexity index is 1130. The number of ether oxygens (including phenoxy) is 2. The zero-order valence-electron chi connectivity index (χ0n) is 23.3. The first-order valence-electron chi connectivity index (χ1n) is 13.1. The monoisotopic (exact) mass is 541 g/mol. The van der Waals surface area contributed by atoms with Crippen molar-refractivity contribution in [1.82, 2.24) is 0 Å². The van der Waals surface area contributed by atoms with Gasteiger partial charge in [-0.15, -0.1) is 0 Å².